The predicted molar refractivity (Wildman–Crippen MR) is 90.1 cm³/mol. The van der Waals surface area contributed by atoms with Crippen molar-refractivity contribution in [3.8, 4) is 0 Å². The Kier molecular flexibility index (Phi) is 3.96. The monoisotopic (exact) mass is 293 g/mol. The van der Waals surface area contributed by atoms with Crippen LogP contribution in [0.4, 0.5) is 16.2 Å². The number of ether oxygens (including phenoxy) is 1. The van der Waals surface area contributed by atoms with Crippen molar-refractivity contribution in [1.82, 2.24) is 0 Å². The number of hydrogen-bond donors (Lipinski definition) is 0. The molecular formula is C19H19NO2. The summed E-state index contributed by atoms with van der Waals surface area (Å²) in [6.07, 6.45) is 3.73. The van der Waals surface area contributed by atoms with E-state index in [0.29, 0.717) is 12.5 Å². The van der Waals surface area contributed by atoms with Gasteiger partial charge in [0.05, 0.1) is 18.0 Å². The molecule has 0 radical (unpaired) electrons. The SMILES string of the molecule is CC(C)COC(=O)N1c2ccccc2C=Cc2ccccc21. The molecule has 0 fully saturated rings. The minimum absolute atomic E-state index is 0.305. The number of benzene rings is 2. The first-order valence-electron chi connectivity index (χ1n) is 7.50. The second-order valence-electron chi connectivity index (χ2n) is 5.76. The Labute approximate surface area is 130 Å². The van der Waals surface area contributed by atoms with Crippen LogP contribution in [0.3, 0.4) is 0 Å². The van der Waals surface area contributed by atoms with Crippen LogP contribution >= 0.6 is 0 Å². The van der Waals surface area contributed by atoms with Crippen LogP contribution in [0.1, 0.15) is 25.0 Å². The molecule has 3 rings (SSSR count). The van der Waals surface area contributed by atoms with Gasteiger partial charge in [-0.05, 0) is 29.2 Å². The maximum Gasteiger partial charge on any atom is 0.418 e. The van der Waals surface area contributed by atoms with E-state index in [1.807, 2.05) is 74.5 Å². The molecule has 1 aliphatic rings. The van der Waals surface area contributed by atoms with E-state index in [0.717, 1.165) is 22.5 Å². The zero-order chi connectivity index (χ0) is 15.5. The average Bonchev–Trinajstić information content (AvgIpc) is 2.69. The number of para-hydroxylation sites is 2. The van der Waals surface area contributed by atoms with E-state index in [2.05, 4.69) is 0 Å². The summed E-state index contributed by atoms with van der Waals surface area (Å²) in [5.74, 6) is 0.305. The number of nitrogens with zero attached hydrogens (tertiary/aromatic N) is 1. The van der Waals surface area contributed by atoms with Gasteiger partial charge in [-0.2, -0.15) is 0 Å². The highest BCUT2D eigenvalue weighted by Crippen LogP contribution is 2.36. The second kappa shape index (κ2) is 6.06. The van der Waals surface area contributed by atoms with Crippen LogP contribution in [0.25, 0.3) is 12.2 Å². The van der Waals surface area contributed by atoms with Crippen LogP contribution in [-0.2, 0) is 4.74 Å². The molecule has 3 nitrogen and oxygen atoms in total. The van der Waals surface area contributed by atoms with Gasteiger partial charge in [0.25, 0.3) is 0 Å². The van der Waals surface area contributed by atoms with Crippen molar-refractivity contribution < 1.29 is 9.53 Å². The normalized spacial score (nSPS) is 12.6. The summed E-state index contributed by atoms with van der Waals surface area (Å²) >= 11 is 0. The molecule has 0 saturated heterocycles. The Balaban J connectivity index is 2.07. The summed E-state index contributed by atoms with van der Waals surface area (Å²) < 4.78 is 5.47. The largest absolute Gasteiger partial charge is 0.449 e. The zero-order valence-corrected chi connectivity index (χ0v) is 12.8. The summed E-state index contributed by atoms with van der Waals surface area (Å²) in [5.41, 5.74) is 3.69. The average molecular weight is 293 g/mol. The van der Waals surface area contributed by atoms with Crippen molar-refractivity contribution in [2.45, 2.75) is 13.8 Å². The summed E-state index contributed by atoms with van der Waals surface area (Å²) in [7, 11) is 0. The molecule has 3 heteroatoms. The molecule has 0 N–H and O–H groups in total. The number of fused-ring (bicyclic) bond motifs is 2. The maximum absolute atomic E-state index is 12.7. The Bertz CT molecular complexity index is 669. The minimum Gasteiger partial charge on any atom is -0.449 e. The lowest BCUT2D eigenvalue weighted by molar-refractivity contribution is 0.142. The van der Waals surface area contributed by atoms with Crippen LogP contribution in [0.2, 0.25) is 0 Å². The van der Waals surface area contributed by atoms with E-state index in [4.69, 9.17) is 4.74 Å². The lowest BCUT2D eigenvalue weighted by Crippen LogP contribution is -2.28. The van der Waals surface area contributed by atoms with Crippen molar-refractivity contribution in [2.24, 2.45) is 5.92 Å². The Hall–Kier alpha value is -2.55. The van der Waals surface area contributed by atoms with Crippen molar-refractivity contribution in [3.05, 3.63) is 59.7 Å². The van der Waals surface area contributed by atoms with Crippen molar-refractivity contribution in [3.63, 3.8) is 0 Å². The molecule has 0 bridgehead atoms. The highest BCUT2D eigenvalue weighted by atomic mass is 16.6. The molecule has 2 aromatic rings. The van der Waals surface area contributed by atoms with Gasteiger partial charge in [-0.15, -0.1) is 0 Å². The van der Waals surface area contributed by atoms with Crippen LogP contribution in [0.5, 0.6) is 0 Å². The van der Waals surface area contributed by atoms with Gasteiger partial charge in [0, 0.05) is 0 Å². The molecule has 1 heterocycles. The van der Waals surface area contributed by atoms with Gasteiger partial charge in [0.1, 0.15) is 0 Å². The first kappa shape index (κ1) is 14.4. The molecule has 0 unspecified atom stereocenters. The molecular weight excluding hydrogens is 274 g/mol. The lowest BCUT2D eigenvalue weighted by Gasteiger charge is -2.24. The fourth-order valence-corrected chi connectivity index (χ4v) is 2.47. The molecule has 1 amide bonds. The van der Waals surface area contributed by atoms with Gasteiger partial charge >= 0.3 is 6.09 Å². The number of rotatable bonds is 2. The summed E-state index contributed by atoms with van der Waals surface area (Å²) in [6, 6.07) is 15.7. The standard InChI is InChI=1S/C19H19NO2/c1-14(2)13-22-19(21)20-17-9-5-3-7-15(17)11-12-16-8-4-6-10-18(16)20/h3-12,14H,13H2,1-2H3. The van der Waals surface area contributed by atoms with Gasteiger partial charge in [-0.3, -0.25) is 0 Å². The molecule has 112 valence electrons. The lowest BCUT2D eigenvalue weighted by atomic mass is 10.1. The van der Waals surface area contributed by atoms with E-state index in [1.54, 1.807) is 4.90 Å². The van der Waals surface area contributed by atoms with Crippen LogP contribution < -0.4 is 4.90 Å². The topological polar surface area (TPSA) is 29.5 Å². The van der Waals surface area contributed by atoms with Crippen molar-refractivity contribution in [2.75, 3.05) is 11.5 Å². The molecule has 0 spiro atoms. The van der Waals surface area contributed by atoms with Crippen LogP contribution in [0, 0.1) is 5.92 Å². The number of carbonyl (C=O) groups is 1. The minimum atomic E-state index is -0.336. The van der Waals surface area contributed by atoms with E-state index >= 15 is 0 Å². The van der Waals surface area contributed by atoms with Gasteiger partial charge in [-0.1, -0.05) is 62.4 Å². The number of hydrogen-bond acceptors (Lipinski definition) is 2. The molecule has 0 saturated carbocycles. The van der Waals surface area contributed by atoms with E-state index in [-0.39, 0.29) is 6.09 Å². The van der Waals surface area contributed by atoms with Gasteiger partial charge < -0.3 is 4.74 Å². The molecule has 0 atom stereocenters. The predicted octanol–water partition coefficient (Wildman–Crippen LogP) is 5.10. The van der Waals surface area contributed by atoms with Crippen LogP contribution in [0.15, 0.2) is 48.5 Å². The quantitative estimate of drug-likeness (QED) is 0.770. The van der Waals surface area contributed by atoms with Gasteiger partial charge in [0.15, 0.2) is 0 Å². The highest BCUT2D eigenvalue weighted by Gasteiger charge is 2.25. The molecule has 0 aliphatic carbocycles. The molecule has 1 aliphatic heterocycles. The summed E-state index contributed by atoms with van der Waals surface area (Å²) in [6.45, 7) is 4.46. The van der Waals surface area contributed by atoms with E-state index < -0.39 is 0 Å². The summed E-state index contributed by atoms with van der Waals surface area (Å²) in [5, 5.41) is 0. The van der Waals surface area contributed by atoms with Crippen molar-refractivity contribution in [1.29, 1.82) is 0 Å². The fraction of sp³-hybridized carbons (Fsp3) is 0.211. The summed E-state index contributed by atoms with van der Waals surface area (Å²) in [4.78, 5) is 14.3. The Morgan fingerprint density at radius 1 is 0.955 bits per heavy atom. The Morgan fingerprint density at radius 2 is 1.45 bits per heavy atom. The zero-order valence-electron chi connectivity index (χ0n) is 12.8. The van der Waals surface area contributed by atoms with Gasteiger partial charge in [-0.25, -0.2) is 9.69 Å². The number of carbonyl (C=O) groups excluding carboxylic acids is 1. The molecule has 2 aromatic carbocycles. The first-order chi connectivity index (χ1) is 10.7. The molecule has 22 heavy (non-hydrogen) atoms. The Morgan fingerprint density at radius 3 is 1.95 bits per heavy atom. The maximum atomic E-state index is 12.7. The second-order valence-corrected chi connectivity index (χ2v) is 5.76. The number of amides is 1. The third kappa shape index (κ3) is 2.75. The highest BCUT2D eigenvalue weighted by molar-refractivity contribution is 6.03. The van der Waals surface area contributed by atoms with Crippen molar-refractivity contribution >= 4 is 29.6 Å². The number of anilines is 2. The molecule has 0 aromatic heterocycles. The van der Waals surface area contributed by atoms with E-state index in [1.165, 1.54) is 0 Å². The van der Waals surface area contributed by atoms with Gasteiger partial charge in [0.2, 0.25) is 0 Å². The fourth-order valence-electron chi connectivity index (χ4n) is 2.47. The van der Waals surface area contributed by atoms with Crippen LogP contribution in [-0.4, -0.2) is 12.7 Å². The smallest absolute Gasteiger partial charge is 0.418 e. The third-order valence-corrected chi connectivity index (χ3v) is 3.52. The third-order valence-electron chi connectivity index (χ3n) is 3.52. The van der Waals surface area contributed by atoms with E-state index in [9.17, 15) is 4.79 Å². The first-order valence-corrected chi connectivity index (χ1v) is 7.50.